The van der Waals surface area contributed by atoms with Gasteiger partial charge in [-0.15, -0.1) is 0 Å². The average Bonchev–Trinajstić information content (AvgIpc) is 3.11. The normalized spacial score (nSPS) is 22.4. The van der Waals surface area contributed by atoms with Gasteiger partial charge in [0.05, 0.1) is 0 Å². The molecule has 0 aliphatic heterocycles. The van der Waals surface area contributed by atoms with E-state index in [1.165, 1.54) is 41.5 Å². The molecule has 29 heavy (non-hydrogen) atoms. The summed E-state index contributed by atoms with van der Waals surface area (Å²) >= 11 is 0. The summed E-state index contributed by atoms with van der Waals surface area (Å²) in [6, 6.07) is 16.4. The van der Waals surface area contributed by atoms with Gasteiger partial charge < -0.3 is 9.88 Å². The lowest BCUT2D eigenvalue weighted by molar-refractivity contribution is 0.170. The van der Waals surface area contributed by atoms with Crippen molar-refractivity contribution in [1.29, 1.82) is 0 Å². The van der Waals surface area contributed by atoms with E-state index in [-0.39, 0.29) is 5.82 Å². The van der Waals surface area contributed by atoms with Crippen molar-refractivity contribution < 1.29 is 4.39 Å². The summed E-state index contributed by atoms with van der Waals surface area (Å²) in [5, 5.41) is 1.22. The van der Waals surface area contributed by atoms with Crippen molar-refractivity contribution >= 4 is 10.9 Å². The van der Waals surface area contributed by atoms with E-state index in [0.717, 1.165) is 25.0 Å². The number of aromatic amines is 1. The number of hydrogen-bond donors (Lipinski definition) is 1. The Kier molecular flexibility index (Phi) is 6.05. The number of hydrogen-bond acceptors (Lipinski definition) is 1. The van der Waals surface area contributed by atoms with Gasteiger partial charge in [0.1, 0.15) is 5.82 Å². The first-order chi connectivity index (χ1) is 14.0. The summed E-state index contributed by atoms with van der Waals surface area (Å²) in [5.41, 5.74) is 4.70. The maximum atomic E-state index is 14.5. The molecule has 3 heteroatoms. The summed E-state index contributed by atoms with van der Waals surface area (Å²) in [6.45, 7) is 6.51. The minimum Gasteiger partial charge on any atom is -0.358 e. The predicted octanol–water partition coefficient (Wildman–Crippen LogP) is 6.52. The Balaban J connectivity index is 1.63. The van der Waals surface area contributed by atoms with Gasteiger partial charge in [-0.25, -0.2) is 4.39 Å². The Labute approximate surface area is 174 Å². The monoisotopic (exact) mass is 392 g/mol. The van der Waals surface area contributed by atoms with Crippen molar-refractivity contribution in [1.82, 2.24) is 9.88 Å². The van der Waals surface area contributed by atoms with E-state index in [2.05, 4.69) is 67.2 Å². The molecule has 0 amide bonds. The van der Waals surface area contributed by atoms with Crippen molar-refractivity contribution in [3.05, 3.63) is 71.2 Å². The van der Waals surface area contributed by atoms with Gasteiger partial charge in [0.2, 0.25) is 0 Å². The summed E-state index contributed by atoms with van der Waals surface area (Å²) in [6.07, 6.45) is 4.66. The first-order valence-corrected chi connectivity index (χ1v) is 11.1. The first kappa shape index (κ1) is 20.2. The van der Waals surface area contributed by atoms with Gasteiger partial charge in [-0.2, -0.15) is 0 Å². The molecule has 1 aromatic heterocycles. The Morgan fingerprint density at radius 2 is 1.90 bits per heavy atom. The number of halogens is 1. The molecule has 1 saturated carbocycles. The van der Waals surface area contributed by atoms with Crippen molar-refractivity contribution in [2.75, 3.05) is 13.6 Å². The summed E-state index contributed by atoms with van der Waals surface area (Å²) in [5.74, 6) is 1.41. The average molecular weight is 393 g/mol. The molecule has 2 aromatic carbocycles. The van der Waals surface area contributed by atoms with E-state index in [4.69, 9.17) is 0 Å². The molecule has 1 N–H and O–H groups in total. The molecule has 1 aliphatic rings. The minimum atomic E-state index is -0.119. The lowest BCUT2D eigenvalue weighted by Gasteiger charge is -2.39. The lowest BCUT2D eigenvalue weighted by atomic mass is 9.68. The zero-order chi connectivity index (χ0) is 20.4. The van der Waals surface area contributed by atoms with Gasteiger partial charge in [-0.3, -0.25) is 0 Å². The van der Waals surface area contributed by atoms with Crippen LogP contribution in [0, 0.1) is 17.7 Å². The zero-order valence-electron chi connectivity index (χ0n) is 17.9. The van der Waals surface area contributed by atoms with Crippen LogP contribution in [-0.4, -0.2) is 23.5 Å². The van der Waals surface area contributed by atoms with Crippen LogP contribution in [0.4, 0.5) is 4.39 Å². The zero-order valence-corrected chi connectivity index (χ0v) is 17.9. The highest BCUT2D eigenvalue weighted by Gasteiger charge is 2.34. The van der Waals surface area contributed by atoms with Crippen LogP contribution in [0.5, 0.6) is 0 Å². The lowest BCUT2D eigenvalue weighted by Crippen LogP contribution is -2.34. The van der Waals surface area contributed by atoms with Crippen LogP contribution in [0.3, 0.4) is 0 Å². The number of fused-ring (bicyclic) bond motifs is 1. The fraction of sp³-hybridized carbons (Fsp3) is 0.462. The maximum Gasteiger partial charge on any atom is 0.125 e. The van der Waals surface area contributed by atoms with E-state index in [1.54, 1.807) is 6.07 Å². The highest BCUT2D eigenvalue weighted by Crippen LogP contribution is 2.45. The van der Waals surface area contributed by atoms with Gasteiger partial charge in [0.25, 0.3) is 0 Å². The van der Waals surface area contributed by atoms with Gasteiger partial charge in [0.15, 0.2) is 0 Å². The van der Waals surface area contributed by atoms with Crippen molar-refractivity contribution in [3.63, 3.8) is 0 Å². The first-order valence-electron chi connectivity index (χ1n) is 11.1. The Morgan fingerprint density at radius 3 is 2.66 bits per heavy atom. The number of aromatic nitrogens is 1. The highest BCUT2D eigenvalue weighted by atomic mass is 19.1. The van der Waals surface area contributed by atoms with Gasteiger partial charge >= 0.3 is 0 Å². The standard InChI is InChI=1S/C26H33FN2/c1-4-22-15-23-24(13-21(27)14-25(23)28-22)26-18(2)9-8-12-20(26)17-29(3)16-19-10-6-5-7-11-19/h5-7,10-11,13-15,18,20,26,28H,4,8-9,12,16-17H2,1-3H3. The van der Waals surface area contributed by atoms with Crippen LogP contribution in [0.2, 0.25) is 0 Å². The molecule has 3 atom stereocenters. The number of benzene rings is 2. The third-order valence-electron chi connectivity index (χ3n) is 6.73. The van der Waals surface area contributed by atoms with Crippen LogP contribution in [0.15, 0.2) is 48.5 Å². The van der Waals surface area contributed by atoms with Crippen LogP contribution in [0.1, 0.15) is 55.8 Å². The van der Waals surface area contributed by atoms with E-state index in [1.807, 2.05) is 6.07 Å². The number of rotatable bonds is 6. The predicted molar refractivity (Wildman–Crippen MR) is 120 cm³/mol. The Morgan fingerprint density at radius 1 is 1.10 bits per heavy atom. The molecule has 1 heterocycles. The Bertz CT molecular complexity index is 946. The quantitative estimate of drug-likeness (QED) is 0.506. The third kappa shape index (κ3) is 4.40. The largest absolute Gasteiger partial charge is 0.358 e. The second-order valence-electron chi connectivity index (χ2n) is 8.98. The molecule has 4 rings (SSSR count). The van der Waals surface area contributed by atoms with Crippen LogP contribution < -0.4 is 0 Å². The van der Waals surface area contributed by atoms with Crippen LogP contribution in [0.25, 0.3) is 10.9 Å². The highest BCUT2D eigenvalue weighted by molar-refractivity contribution is 5.84. The molecule has 1 fully saturated rings. The van der Waals surface area contributed by atoms with Gasteiger partial charge in [0, 0.05) is 29.7 Å². The molecule has 2 nitrogen and oxygen atoms in total. The second kappa shape index (κ2) is 8.71. The van der Waals surface area contributed by atoms with Crippen molar-refractivity contribution in [2.45, 2.75) is 52.0 Å². The minimum absolute atomic E-state index is 0.119. The number of nitrogens with zero attached hydrogens (tertiary/aromatic N) is 1. The Hall–Kier alpha value is -2.13. The van der Waals surface area contributed by atoms with Gasteiger partial charge in [-0.1, -0.05) is 57.0 Å². The van der Waals surface area contributed by atoms with E-state index >= 15 is 0 Å². The van der Waals surface area contributed by atoms with E-state index in [9.17, 15) is 4.39 Å². The van der Waals surface area contributed by atoms with Crippen molar-refractivity contribution in [2.24, 2.45) is 11.8 Å². The van der Waals surface area contributed by atoms with Crippen LogP contribution in [-0.2, 0) is 13.0 Å². The molecule has 0 spiro atoms. The summed E-state index contributed by atoms with van der Waals surface area (Å²) < 4.78 is 14.5. The molecular formula is C26H33FN2. The molecule has 0 radical (unpaired) electrons. The summed E-state index contributed by atoms with van der Waals surface area (Å²) in [7, 11) is 2.22. The molecule has 3 aromatic rings. The number of nitrogens with one attached hydrogen (secondary N) is 1. The fourth-order valence-corrected chi connectivity index (χ4v) is 5.40. The SMILES string of the molecule is CCc1cc2c(C3C(C)CCCC3CN(C)Cc3ccccc3)cc(F)cc2[nH]1. The number of aryl methyl sites for hydroxylation is 1. The topological polar surface area (TPSA) is 19.0 Å². The van der Waals surface area contributed by atoms with Crippen molar-refractivity contribution in [3.8, 4) is 0 Å². The molecule has 0 saturated heterocycles. The van der Waals surface area contributed by atoms with E-state index in [0.29, 0.717) is 17.8 Å². The van der Waals surface area contributed by atoms with E-state index < -0.39 is 0 Å². The second-order valence-corrected chi connectivity index (χ2v) is 8.98. The fourth-order valence-electron chi connectivity index (χ4n) is 5.40. The molecular weight excluding hydrogens is 359 g/mol. The summed E-state index contributed by atoms with van der Waals surface area (Å²) in [4.78, 5) is 5.86. The molecule has 154 valence electrons. The molecule has 3 unspecified atom stereocenters. The molecule has 0 bridgehead atoms. The van der Waals surface area contributed by atoms with Gasteiger partial charge in [-0.05, 0) is 67.0 Å². The smallest absolute Gasteiger partial charge is 0.125 e. The number of H-pyrrole nitrogens is 1. The molecule has 1 aliphatic carbocycles. The van der Waals surface area contributed by atoms with Crippen LogP contribution >= 0.6 is 0 Å². The maximum absolute atomic E-state index is 14.5. The third-order valence-corrected chi connectivity index (χ3v) is 6.73.